The predicted octanol–water partition coefficient (Wildman–Crippen LogP) is 4.45. The molecule has 2 N–H and O–H groups in total. The van der Waals surface area contributed by atoms with E-state index in [1.54, 1.807) is 24.3 Å². The van der Waals surface area contributed by atoms with Crippen LogP contribution in [0.2, 0.25) is 10.0 Å². The SMILES string of the molecule is O=C1NC(=O)C(=Cc2ccc(-c3nc4cc(Cl)c(Cl)cc4[nH]3)o2)S1. The fraction of sp³-hybridized carbons (Fsp3) is 0. The number of fused-ring (bicyclic) bond motifs is 1. The highest BCUT2D eigenvalue weighted by Gasteiger charge is 2.25. The number of benzene rings is 1. The quantitative estimate of drug-likeness (QED) is 0.641. The molecule has 0 radical (unpaired) electrons. The summed E-state index contributed by atoms with van der Waals surface area (Å²) in [6.45, 7) is 0. The molecule has 0 spiro atoms. The minimum absolute atomic E-state index is 0.282. The van der Waals surface area contributed by atoms with Gasteiger partial charge in [0.1, 0.15) is 5.76 Å². The lowest BCUT2D eigenvalue weighted by Crippen LogP contribution is -2.17. The van der Waals surface area contributed by atoms with E-state index in [1.165, 1.54) is 6.08 Å². The molecular formula is C15H7Cl2N3O3S. The lowest BCUT2D eigenvalue weighted by atomic mass is 10.3. The Bertz CT molecular complexity index is 999. The van der Waals surface area contributed by atoms with Gasteiger partial charge in [0.15, 0.2) is 11.6 Å². The zero-order chi connectivity index (χ0) is 16.8. The largest absolute Gasteiger partial charge is 0.453 e. The Balaban J connectivity index is 1.69. The number of rotatable bonds is 2. The third kappa shape index (κ3) is 2.71. The van der Waals surface area contributed by atoms with E-state index in [4.69, 9.17) is 27.6 Å². The van der Waals surface area contributed by atoms with Crippen LogP contribution in [0.15, 0.2) is 33.6 Å². The van der Waals surface area contributed by atoms with Gasteiger partial charge in [-0.25, -0.2) is 4.98 Å². The monoisotopic (exact) mass is 379 g/mol. The van der Waals surface area contributed by atoms with Gasteiger partial charge in [0.05, 0.1) is 26.0 Å². The van der Waals surface area contributed by atoms with Gasteiger partial charge < -0.3 is 9.40 Å². The minimum Gasteiger partial charge on any atom is -0.453 e. The van der Waals surface area contributed by atoms with E-state index in [0.717, 1.165) is 17.3 Å². The first-order chi connectivity index (χ1) is 11.5. The lowest BCUT2D eigenvalue weighted by molar-refractivity contribution is -0.115. The second-order valence-corrected chi connectivity index (χ2v) is 6.75. The van der Waals surface area contributed by atoms with Crippen molar-refractivity contribution in [3.8, 4) is 11.6 Å². The highest BCUT2D eigenvalue weighted by molar-refractivity contribution is 8.18. The summed E-state index contributed by atoms with van der Waals surface area (Å²) in [4.78, 5) is 30.5. The number of nitrogens with zero attached hydrogens (tertiary/aromatic N) is 1. The number of amides is 2. The molecule has 3 aromatic rings. The van der Waals surface area contributed by atoms with E-state index in [9.17, 15) is 9.59 Å². The maximum Gasteiger partial charge on any atom is 0.290 e. The molecule has 1 aliphatic rings. The van der Waals surface area contributed by atoms with E-state index in [0.29, 0.717) is 32.9 Å². The zero-order valence-corrected chi connectivity index (χ0v) is 14.1. The average Bonchev–Trinajstić information content (AvgIpc) is 3.20. The molecule has 2 amide bonds. The van der Waals surface area contributed by atoms with Crippen LogP contribution in [0.25, 0.3) is 28.7 Å². The van der Waals surface area contributed by atoms with Gasteiger partial charge in [0.25, 0.3) is 11.1 Å². The number of aromatic nitrogens is 2. The van der Waals surface area contributed by atoms with Crippen LogP contribution in [0.5, 0.6) is 0 Å². The van der Waals surface area contributed by atoms with Gasteiger partial charge in [-0.2, -0.15) is 0 Å². The van der Waals surface area contributed by atoms with Crippen molar-refractivity contribution >= 4 is 63.2 Å². The van der Waals surface area contributed by atoms with Crippen LogP contribution >= 0.6 is 35.0 Å². The van der Waals surface area contributed by atoms with Crippen LogP contribution < -0.4 is 5.32 Å². The molecule has 4 rings (SSSR count). The topological polar surface area (TPSA) is 88.0 Å². The van der Waals surface area contributed by atoms with Crippen molar-refractivity contribution in [3.63, 3.8) is 0 Å². The van der Waals surface area contributed by atoms with Gasteiger partial charge in [-0.3, -0.25) is 14.9 Å². The summed E-state index contributed by atoms with van der Waals surface area (Å²) in [7, 11) is 0. The molecule has 0 bridgehead atoms. The number of aromatic amines is 1. The van der Waals surface area contributed by atoms with Crippen LogP contribution in [0.4, 0.5) is 4.79 Å². The number of hydrogen-bond donors (Lipinski definition) is 2. The van der Waals surface area contributed by atoms with Crippen molar-refractivity contribution in [1.82, 2.24) is 15.3 Å². The van der Waals surface area contributed by atoms with Crippen LogP contribution in [-0.4, -0.2) is 21.1 Å². The van der Waals surface area contributed by atoms with Crippen molar-refractivity contribution in [2.45, 2.75) is 0 Å². The Morgan fingerprint density at radius 3 is 2.71 bits per heavy atom. The van der Waals surface area contributed by atoms with Gasteiger partial charge in [0, 0.05) is 6.08 Å². The number of furan rings is 1. The number of imide groups is 1. The summed E-state index contributed by atoms with van der Waals surface area (Å²) in [5.41, 5.74) is 1.39. The Kier molecular flexibility index (Phi) is 3.64. The van der Waals surface area contributed by atoms with Crippen molar-refractivity contribution in [2.75, 3.05) is 0 Å². The van der Waals surface area contributed by atoms with Crippen molar-refractivity contribution in [2.24, 2.45) is 0 Å². The third-order valence-electron chi connectivity index (χ3n) is 3.30. The number of H-pyrrole nitrogens is 1. The number of imidazole rings is 1. The molecule has 1 aromatic carbocycles. The van der Waals surface area contributed by atoms with Gasteiger partial charge in [-0.05, 0) is 36.0 Å². The summed E-state index contributed by atoms with van der Waals surface area (Å²) >= 11 is 12.8. The molecule has 0 atom stereocenters. The molecule has 0 saturated carbocycles. The first-order valence-electron chi connectivity index (χ1n) is 6.69. The Morgan fingerprint density at radius 2 is 1.96 bits per heavy atom. The first-order valence-corrected chi connectivity index (χ1v) is 8.27. The van der Waals surface area contributed by atoms with Gasteiger partial charge in [0.2, 0.25) is 0 Å². The average molecular weight is 380 g/mol. The standard InChI is InChI=1S/C15H7Cl2N3O3S/c16-7-4-9-10(5-8(7)17)19-13(18-9)11-2-1-6(23-11)3-12-14(21)20-15(22)24-12/h1-5H,(H,18,19)(H,20,21,22). The summed E-state index contributed by atoms with van der Waals surface area (Å²) in [5, 5.41) is 2.63. The van der Waals surface area contributed by atoms with E-state index in [2.05, 4.69) is 15.3 Å². The number of carbonyl (C=O) groups is 2. The molecule has 0 unspecified atom stereocenters. The molecule has 6 nitrogen and oxygen atoms in total. The Morgan fingerprint density at radius 1 is 1.17 bits per heavy atom. The van der Waals surface area contributed by atoms with Gasteiger partial charge in [-0.1, -0.05) is 23.2 Å². The fourth-order valence-electron chi connectivity index (χ4n) is 2.23. The minimum atomic E-state index is -0.434. The fourth-order valence-corrected chi connectivity index (χ4v) is 3.21. The van der Waals surface area contributed by atoms with Crippen LogP contribution in [-0.2, 0) is 4.79 Å². The summed E-state index contributed by atoms with van der Waals surface area (Å²) < 4.78 is 5.66. The molecule has 1 saturated heterocycles. The Hall–Kier alpha value is -2.22. The number of carbonyl (C=O) groups excluding carboxylic acids is 2. The highest BCUT2D eigenvalue weighted by Crippen LogP contribution is 2.31. The van der Waals surface area contributed by atoms with Gasteiger partial charge in [-0.15, -0.1) is 0 Å². The molecule has 1 aliphatic heterocycles. The van der Waals surface area contributed by atoms with E-state index in [-0.39, 0.29) is 4.91 Å². The van der Waals surface area contributed by atoms with Crippen molar-refractivity contribution in [3.05, 3.63) is 45.0 Å². The first kappa shape index (κ1) is 15.3. The maximum absolute atomic E-state index is 11.5. The molecule has 9 heteroatoms. The Labute approximate surface area is 149 Å². The number of nitrogens with one attached hydrogen (secondary N) is 2. The molecule has 120 valence electrons. The third-order valence-corrected chi connectivity index (χ3v) is 4.83. The van der Waals surface area contributed by atoms with E-state index >= 15 is 0 Å². The number of thioether (sulfide) groups is 1. The van der Waals surface area contributed by atoms with E-state index in [1.807, 2.05) is 0 Å². The van der Waals surface area contributed by atoms with E-state index < -0.39 is 11.1 Å². The second kappa shape index (κ2) is 5.70. The lowest BCUT2D eigenvalue weighted by Gasteiger charge is -1.93. The maximum atomic E-state index is 11.5. The number of hydrogen-bond acceptors (Lipinski definition) is 5. The molecule has 0 aliphatic carbocycles. The van der Waals surface area contributed by atoms with Crippen molar-refractivity contribution in [1.29, 1.82) is 0 Å². The molecule has 1 fully saturated rings. The molecular weight excluding hydrogens is 373 g/mol. The second-order valence-electron chi connectivity index (χ2n) is 4.92. The normalized spacial score (nSPS) is 16.3. The summed E-state index contributed by atoms with van der Waals surface area (Å²) in [6.07, 6.45) is 1.50. The molecule has 3 heterocycles. The number of halogens is 2. The smallest absolute Gasteiger partial charge is 0.290 e. The zero-order valence-electron chi connectivity index (χ0n) is 11.7. The summed E-state index contributed by atoms with van der Waals surface area (Å²) in [5.74, 6) is 0.998. The van der Waals surface area contributed by atoms with Crippen molar-refractivity contribution < 1.29 is 14.0 Å². The summed E-state index contributed by atoms with van der Waals surface area (Å²) in [6, 6.07) is 6.75. The van der Waals surface area contributed by atoms with Crippen LogP contribution in [0.1, 0.15) is 5.76 Å². The predicted molar refractivity (Wildman–Crippen MR) is 92.9 cm³/mol. The molecule has 2 aromatic heterocycles. The van der Waals surface area contributed by atoms with Crippen LogP contribution in [0.3, 0.4) is 0 Å². The highest BCUT2D eigenvalue weighted by atomic mass is 35.5. The van der Waals surface area contributed by atoms with Gasteiger partial charge >= 0.3 is 0 Å². The van der Waals surface area contributed by atoms with Crippen LogP contribution in [0, 0.1) is 0 Å². The molecule has 24 heavy (non-hydrogen) atoms.